The third kappa shape index (κ3) is 6.59. The summed E-state index contributed by atoms with van der Waals surface area (Å²) >= 11 is 0. The number of nitrogens with one attached hydrogen (secondary N) is 2. The standard InChI is InChI=1S/C26H29FN4O5/c1-17-15-22(30-36-17)29-23(32)12-13-24(33)31(16-18-8-10-19(27)11-9-18)25(21-7-4-14-35-21)26(34)28-20-5-2-3-6-20/h4,7-11,14-15,20,25H,2-3,5-6,12-13,16H2,1H3,(H,28,34)(H,29,30,32)/t25-/m1/s1. The second kappa shape index (κ2) is 11.7. The molecule has 2 aromatic heterocycles. The van der Waals surface area contributed by atoms with Gasteiger partial charge in [0.2, 0.25) is 11.8 Å². The zero-order valence-electron chi connectivity index (χ0n) is 20.0. The topological polar surface area (TPSA) is 118 Å². The molecule has 9 nitrogen and oxygen atoms in total. The van der Waals surface area contributed by atoms with E-state index in [9.17, 15) is 18.8 Å². The van der Waals surface area contributed by atoms with Crippen molar-refractivity contribution in [3.05, 3.63) is 71.6 Å². The average molecular weight is 497 g/mol. The lowest BCUT2D eigenvalue weighted by Gasteiger charge is -2.31. The number of carbonyl (C=O) groups excluding carboxylic acids is 3. The molecule has 0 saturated heterocycles. The van der Waals surface area contributed by atoms with E-state index in [4.69, 9.17) is 8.94 Å². The van der Waals surface area contributed by atoms with Gasteiger partial charge in [-0.3, -0.25) is 14.4 Å². The Bertz CT molecular complexity index is 1170. The fourth-order valence-electron chi connectivity index (χ4n) is 4.33. The van der Waals surface area contributed by atoms with E-state index < -0.39 is 23.7 Å². The Hall–Kier alpha value is -3.95. The molecular formula is C26H29FN4O5. The smallest absolute Gasteiger partial charge is 0.250 e. The van der Waals surface area contributed by atoms with Crippen LogP contribution in [-0.2, 0) is 20.9 Å². The highest BCUT2D eigenvalue weighted by molar-refractivity contribution is 5.94. The van der Waals surface area contributed by atoms with Crippen LogP contribution in [0.1, 0.15) is 61.7 Å². The van der Waals surface area contributed by atoms with Crippen LogP contribution in [0.2, 0.25) is 0 Å². The summed E-state index contributed by atoms with van der Waals surface area (Å²) in [5, 5.41) is 9.35. The molecule has 1 aromatic carbocycles. The number of furan rings is 1. The summed E-state index contributed by atoms with van der Waals surface area (Å²) in [6, 6.07) is 9.57. The predicted octanol–water partition coefficient (Wildman–Crippen LogP) is 4.26. The van der Waals surface area contributed by atoms with Crippen LogP contribution < -0.4 is 10.6 Å². The molecule has 1 aliphatic rings. The van der Waals surface area contributed by atoms with E-state index in [0.717, 1.165) is 25.7 Å². The number of hydrogen-bond donors (Lipinski definition) is 2. The zero-order valence-corrected chi connectivity index (χ0v) is 20.0. The minimum Gasteiger partial charge on any atom is -0.467 e. The van der Waals surface area contributed by atoms with E-state index in [1.165, 1.54) is 23.3 Å². The Kier molecular flexibility index (Phi) is 8.14. The van der Waals surface area contributed by atoms with Gasteiger partial charge < -0.3 is 24.5 Å². The number of aryl methyl sites for hydroxylation is 1. The monoisotopic (exact) mass is 496 g/mol. The lowest BCUT2D eigenvalue weighted by atomic mass is 10.1. The fraction of sp³-hybridized carbons (Fsp3) is 0.385. The first-order valence-electron chi connectivity index (χ1n) is 12.0. The molecule has 0 unspecified atom stereocenters. The maximum atomic E-state index is 13.5. The third-order valence-corrected chi connectivity index (χ3v) is 6.12. The van der Waals surface area contributed by atoms with Crippen LogP contribution in [0.15, 0.2) is 57.7 Å². The summed E-state index contributed by atoms with van der Waals surface area (Å²) in [6.07, 6.45) is 4.99. The summed E-state index contributed by atoms with van der Waals surface area (Å²) in [7, 11) is 0. The van der Waals surface area contributed by atoms with Crippen molar-refractivity contribution in [1.29, 1.82) is 0 Å². The van der Waals surface area contributed by atoms with Crippen LogP contribution in [0.3, 0.4) is 0 Å². The Labute approximate surface area is 208 Å². The van der Waals surface area contributed by atoms with E-state index in [1.54, 1.807) is 37.3 Å². The van der Waals surface area contributed by atoms with Gasteiger partial charge in [0.1, 0.15) is 17.3 Å². The first-order valence-corrected chi connectivity index (χ1v) is 12.0. The highest BCUT2D eigenvalue weighted by Crippen LogP contribution is 2.27. The van der Waals surface area contributed by atoms with E-state index in [0.29, 0.717) is 17.1 Å². The molecule has 1 atom stereocenters. The molecule has 36 heavy (non-hydrogen) atoms. The first kappa shape index (κ1) is 25.2. The van der Waals surface area contributed by atoms with Gasteiger partial charge in [-0.1, -0.05) is 30.1 Å². The number of rotatable bonds is 10. The molecule has 1 saturated carbocycles. The summed E-state index contributed by atoms with van der Waals surface area (Å²) in [5.41, 5.74) is 0.637. The zero-order chi connectivity index (χ0) is 25.5. The number of aromatic nitrogens is 1. The number of anilines is 1. The molecule has 3 amide bonds. The summed E-state index contributed by atoms with van der Waals surface area (Å²) < 4.78 is 24.0. The van der Waals surface area contributed by atoms with E-state index in [2.05, 4.69) is 15.8 Å². The second-order valence-electron chi connectivity index (χ2n) is 8.93. The van der Waals surface area contributed by atoms with Crippen LogP contribution in [-0.4, -0.2) is 33.8 Å². The quantitative estimate of drug-likeness (QED) is 0.433. The van der Waals surface area contributed by atoms with Gasteiger partial charge in [-0.25, -0.2) is 4.39 Å². The number of carbonyl (C=O) groups is 3. The normalized spacial score (nSPS) is 14.4. The van der Waals surface area contributed by atoms with Gasteiger partial charge in [0, 0.05) is 31.5 Å². The number of halogens is 1. The van der Waals surface area contributed by atoms with Crippen LogP contribution in [0.25, 0.3) is 0 Å². The van der Waals surface area contributed by atoms with E-state index >= 15 is 0 Å². The largest absolute Gasteiger partial charge is 0.467 e. The van der Waals surface area contributed by atoms with Crippen LogP contribution in [0, 0.1) is 12.7 Å². The van der Waals surface area contributed by atoms with Crippen LogP contribution in [0.5, 0.6) is 0 Å². The Balaban J connectivity index is 1.54. The molecule has 3 aromatic rings. The number of hydrogen-bond acceptors (Lipinski definition) is 6. The molecule has 2 heterocycles. The fourth-order valence-corrected chi connectivity index (χ4v) is 4.33. The predicted molar refractivity (Wildman–Crippen MR) is 128 cm³/mol. The maximum absolute atomic E-state index is 13.5. The molecular weight excluding hydrogens is 467 g/mol. The lowest BCUT2D eigenvalue weighted by Crippen LogP contribution is -2.45. The minimum absolute atomic E-state index is 0.0344. The highest BCUT2D eigenvalue weighted by atomic mass is 19.1. The van der Waals surface area contributed by atoms with Crippen molar-refractivity contribution in [1.82, 2.24) is 15.4 Å². The second-order valence-corrected chi connectivity index (χ2v) is 8.93. The molecule has 1 fully saturated rings. The van der Waals surface area contributed by atoms with Crippen molar-refractivity contribution < 1.29 is 27.7 Å². The number of amides is 3. The Morgan fingerprint density at radius 3 is 2.53 bits per heavy atom. The van der Waals surface area contributed by atoms with Gasteiger partial charge in [-0.2, -0.15) is 0 Å². The van der Waals surface area contributed by atoms with Crippen molar-refractivity contribution in [3.8, 4) is 0 Å². The maximum Gasteiger partial charge on any atom is 0.250 e. The molecule has 0 radical (unpaired) electrons. The molecule has 2 N–H and O–H groups in total. The molecule has 0 spiro atoms. The van der Waals surface area contributed by atoms with Gasteiger partial charge in [0.05, 0.1) is 6.26 Å². The summed E-state index contributed by atoms with van der Waals surface area (Å²) in [5.74, 6) is -0.479. The van der Waals surface area contributed by atoms with E-state index in [1.807, 2.05) is 0 Å². The molecule has 0 bridgehead atoms. The Morgan fingerprint density at radius 1 is 1.14 bits per heavy atom. The van der Waals surface area contributed by atoms with Crippen LogP contribution in [0.4, 0.5) is 10.2 Å². The minimum atomic E-state index is -1.04. The van der Waals surface area contributed by atoms with Gasteiger partial charge in [-0.05, 0) is 49.6 Å². The van der Waals surface area contributed by atoms with Gasteiger partial charge in [0.15, 0.2) is 11.9 Å². The molecule has 10 heteroatoms. The van der Waals surface area contributed by atoms with Crippen LogP contribution >= 0.6 is 0 Å². The molecule has 190 valence electrons. The molecule has 0 aliphatic heterocycles. The van der Waals surface area contributed by atoms with Gasteiger partial charge in [0.25, 0.3) is 5.91 Å². The number of benzene rings is 1. The summed E-state index contributed by atoms with van der Waals surface area (Å²) in [4.78, 5) is 40.7. The SMILES string of the molecule is Cc1cc(NC(=O)CCC(=O)N(Cc2ccc(F)cc2)[C@@H](C(=O)NC2CCCC2)c2ccco2)no1. The van der Waals surface area contributed by atoms with E-state index in [-0.39, 0.29) is 37.2 Å². The number of nitrogens with zero attached hydrogens (tertiary/aromatic N) is 2. The lowest BCUT2D eigenvalue weighted by molar-refractivity contribution is -0.143. The van der Waals surface area contributed by atoms with Crippen molar-refractivity contribution in [2.24, 2.45) is 0 Å². The van der Waals surface area contributed by atoms with Crippen molar-refractivity contribution in [3.63, 3.8) is 0 Å². The van der Waals surface area contributed by atoms with Gasteiger partial charge in [-0.15, -0.1) is 0 Å². The average Bonchev–Trinajstić information content (AvgIpc) is 3.63. The first-order chi connectivity index (χ1) is 17.4. The van der Waals surface area contributed by atoms with Crippen molar-refractivity contribution in [2.75, 3.05) is 5.32 Å². The van der Waals surface area contributed by atoms with Crippen molar-refractivity contribution in [2.45, 2.75) is 64.1 Å². The van der Waals surface area contributed by atoms with Gasteiger partial charge >= 0.3 is 0 Å². The highest BCUT2D eigenvalue weighted by Gasteiger charge is 2.35. The Morgan fingerprint density at radius 2 is 1.89 bits per heavy atom. The third-order valence-electron chi connectivity index (χ3n) is 6.12. The summed E-state index contributed by atoms with van der Waals surface area (Å²) in [6.45, 7) is 1.73. The van der Waals surface area contributed by atoms with Crippen molar-refractivity contribution >= 4 is 23.5 Å². The molecule has 4 rings (SSSR count). The molecule has 1 aliphatic carbocycles.